The highest BCUT2D eigenvalue weighted by Gasteiger charge is 2.01. The lowest BCUT2D eigenvalue weighted by Crippen LogP contribution is -1.96. The van der Waals surface area contributed by atoms with Crippen molar-refractivity contribution in [1.29, 1.82) is 0 Å². The van der Waals surface area contributed by atoms with Crippen molar-refractivity contribution in [1.82, 2.24) is 0 Å². The van der Waals surface area contributed by atoms with Gasteiger partial charge in [0.15, 0.2) is 5.78 Å². The van der Waals surface area contributed by atoms with Gasteiger partial charge >= 0.3 is 5.97 Å². The summed E-state index contributed by atoms with van der Waals surface area (Å²) in [7, 11) is 0. The van der Waals surface area contributed by atoms with E-state index in [0.717, 1.165) is 15.7 Å². The third-order valence-corrected chi connectivity index (χ3v) is 2.23. The van der Waals surface area contributed by atoms with Crippen LogP contribution in [0, 0.1) is 3.57 Å². The number of aliphatic carboxylic acids is 1. The average molecular weight is 302 g/mol. The second-order valence-corrected chi connectivity index (χ2v) is 3.79. The molecular weight excluding hydrogens is 295 g/mol. The summed E-state index contributed by atoms with van der Waals surface area (Å²) in [5.74, 6) is -1.42. The van der Waals surface area contributed by atoms with Gasteiger partial charge in [-0.05, 0) is 40.8 Å². The summed E-state index contributed by atoms with van der Waals surface area (Å²) in [5, 5.41) is 8.31. The lowest BCUT2D eigenvalue weighted by molar-refractivity contribution is -0.131. The van der Waals surface area contributed by atoms with Crippen LogP contribution in [0.2, 0.25) is 0 Å². The number of carbonyl (C=O) groups is 2. The molecule has 0 amide bonds. The largest absolute Gasteiger partial charge is 0.478 e. The molecule has 1 aromatic carbocycles. The van der Waals surface area contributed by atoms with Crippen LogP contribution in [0.3, 0.4) is 0 Å². The molecule has 0 saturated heterocycles. The highest BCUT2D eigenvalue weighted by atomic mass is 127. The van der Waals surface area contributed by atoms with Gasteiger partial charge in [-0.1, -0.05) is 12.1 Å². The van der Waals surface area contributed by atoms with Crippen LogP contribution < -0.4 is 0 Å². The van der Waals surface area contributed by atoms with Gasteiger partial charge in [-0.15, -0.1) is 0 Å². The highest BCUT2D eigenvalue weighted by Crippen LogP contribution is 2.07. The number of hydrogen-bond acceptors (Lipinski definition) is 2. The molecule has 1 aromatic rings. The van der Waals surface area contributed by atoms with Gasteiger partial charge in [0.05, 0.1) is 0 Å². The van der Waals surface area contributed by atoms with Crippen molar-refractivity contribution in [2.45, 2.75) is 0 Å². The van der Waals surface area contributed by atoms with E-state index < -0.39 is 5.97 Å². The standard InChI is InChI=1S/C10H7IO3/c11-8-3-1-7(2-4-8)9(12)5-6-10(13)14/h1-6H,(H,13,14)/b6-5+. The third-order valence-electron chi connectivity index (χ3n) is 1.51. The first-order chi connectivity index (χ1) is 6.59. The van der Waals surface area contributed by atoms with E-state index in [4.69, 9.17) is 5.11 Å². The number of ketones is 1. The monoisotopic (exact) mass is 302 g/mol. The SMILES string of the molecule is O=C(O)/C=C/C(=O)c1ccc(I)cc1. The molecular formula is C10H7IO3. The van der Waals surface area contributed by atoms with Crippen molar-refractivity contribution in [3.8, 4) is 0 Å². The number of carboxylic acid groups (broad SMARTS) is 1. The molecule has 0 saturated carbocycles. The van der Waals surface area contributed by atoms with Crippen LogP contribution in [0.1, 0.15) is 10.4 Å². The number of hydrogen-bond donors (Lipinski definition) is 1. The van der Waals surface area contributed by atoms with Crippen LogP contribution >= 0.6 is 22.6 Å². The molecule has 4 heteroatoms. The molecule has 0 radical (unpaired) electrons. The molecule has 0 bridgehead atoms. The maximum absolute atomic E-state index is 11.3. The summed E-state index contributed by atoms with van der Waals surface area (Å²) in [5.41, 5.74) is 0.489. The summed E-state index contributed by atoms with van der Waals surface area (Å²) >= 11 is 2.13. The molecule has 0 fully saturated rings. The van der Waals surface area contributed by atoms with Crippen molar-refractivity contribution in [3.63, 3.8) is 0 Å². The van der Waals surface area contributed by atoms with Crippen molar-refractivity contribution in [3.05, 3.63) is 45.6 Å². The average Bonchev–Trinajstić information content (AvgIpc) is 2.15. The number of benzene rings is 1. The predicted octanol–water partition coefficient (Wildman–Crippen LogP) is 2.11. The second-order valence-electron chi connectivity index (χ2n) is 2.54. The predicted molar refractivity (Wildman–Crippen MR) is 60.3 cm³/mol. The molecule has 0 atom stereocenters. The van der Waals surface area contributed by atoms with Gasteiger partial charge in [-0.25, -0.2) is 4.79 Å². The van der Waals surface area contributed by atoms with E-state index >= 15 is 0 Å². The zero-order chi connectivity index (χ0) is 10.6. The summed E-state index contributed by atoms with van der Waals surface area (Å²) < 4.78 is 1.03. The molecule has 0 unspecified atom stereocenters. The second kappa shape index (κ2) is 4.90. The first-order valence-corrected chi connectivity index (χ1v) is 4.88. The Morgan fingerprint density at radius 2 is 1.71 bits per heavy atom. The Labute approximate surface area is 94.6 Å². The zero-order valence-corrected chi connectivity index (χ0v) is 9.26. The summed E-state index contributed by atoms with van der Waals surface area (Å²) in [4.78, 5) is 21.5. The van der Waals surface area contributed by atoms with Crippen LogP contribution in [0.4, 0.5) is 0 Å². The van der Waals surface area contributed by atoms with E-state index in [1.165, 1.54) is 0 Å². The Kier molecular flexibility index (Phi) is 3.82. The molecule has 1 N–H and O–H groups in total. The summed E-state index contributed by atoms with van der Waals surface area (Å²) in [6.07, 6.45) is 1.88. The summed E-state index contributed by atoms with van der Waals surface area (Å²) in [6.45, 7) is 0. The maximum atomic E-state index is 11.3. The van der Waals surface area contributed by atoms with Gasteiger partial charge in [0.1, 0.15) is 0 Å². The van der Waals surface area contributed by atoms with Crippen molar-refractivity contribution in [2.24, 2.45) is 0 Å². The van der Waals surface area contributed by atoms with E-state index in [1.54, 1.807) is 24.3 Å². The normalized spacial score (nSPS) is 10.4. The molecule has 0 aliphatic rings. The van der Waals surface area contributed by atoms with E-state index in [1.807, 2.05) is 0 Å². The van der Waals surface area contributed by atoms with Crippen LogP contribution in [-0.2, 0) is 4.79 Å². The maximum Gasteiger partial charge on any atom is 0.328 e. The van der Waals surface area contributed by atoms with E-state index in [-0.39, 0.29) is 5.78 Å². The van der Waals surface area contributed by atoms with Gasteiger partial charge in [0.25, 0.3) is 0 Å². The number of carbonyl (C=O) groups excluding carboxylic acids is 1. The van der Waals surface area contributed by atoms with Gasteiger partial charge in [-0.3, -0.25) is 4.79 Å². The first-order valence-electron chi connectivity index (χ1n) is 3.80. The molecule has 0 spiro atoms. The Bertz CT molecular complexity index is 379. The summed E-state index contributed by atoms with van der Waals surface area (Å²) in [6, 6.07) is 6.91. The Balaban J connectivity index is 2.80. The fourth-order valence-electron chi connectivity index (χ4n) is 0.857. The number of carboxylic acids is 1. The number of rotatable bonds is 3. The van der Waals surface area contributed by atoms with Crippen LogP contribution in [-0.4, -0.2) is 16.9 Å². The van der Waals surface area contributed by atoms with E-state index in [2.05, 4.69) is 22.6 Å². The molecule has 0 aromatic heterocycles. The minimum atomic E-state index is -1.12. The Morgan fingerprint density at radius 1 is 1.14 bits per heavy atom. The highest BCUT2D eigenvalue weighted by molar-refractivity contribution is 14.1. The van der Waals surface area contributed by atoms with Crippen LogP contribution in [0.15, 0.2) is 36.4 Å². The third kappa shape index (κ3) is 3.29. The Hall–Kier alpha value is -1.17. The molecule has 0 aliphatic heterocycles. The molecule has 0 aliphatic carbocycles. The molecule has 3 nitrogen and oxygen atoms in total. The number of halogens is 1. The molecule has 14 heavy (non-hydrogen) atoms. The van der Waals surface area contributed by atoms with Gasteiger partial charge in [0, 0.05) is 15.2 Å². The fourth-order valence-corrected chi connectivity index (χ4v) is 1.22. The minimum Gasteiger partial charge on any atom is -0.478 e. The lowest BCUT2D eigenvalue weighted by Gasteiger charge is -1.94. The minimum absolute atomic E-state index is 0.302. The van der Waals surface area contributed by atoms with E-state index in [9.17, 15) is 9.59 Å². The van der Waals surface area contributed by atoms with Crippen molar-refractivity contribution < 1.29 is 14.7 Å². The van der Waals surface area contributed by atoms with Crippen LogP contribution in [0.25, 0.3) is 0 Å². The fraction of sp³-hybridized carbons (Fsp3) is 0. The zero-order valence-electron chi connectivity index (χ0n) is 7.11. The van der Waals surface area contributed by atoms with Crippen LogP contribution in [0.5, 0.6) is 0 Å². The molecule has 1 rings (SSSR count). The molecule has 72 valence electrons. The smallest absolute Gasteiger partial charge is 0.328 e. The molecule has 0 heterocycles. The quantitative estimate of drug-likeness (QED) is 0.528. The first kappa shape index (κ1) is 10.9. The van der Waals surface area contributed by atoms with Gasteiger partial charge in [-0.2, -0.15) is 0 Å². The Morgan fingerprint density at radius 3 is 2.21 bits per heavy atom. The van der Waals surface area contributed by atoms with Crippen molar-refractivity contribution >= 4 is 34.3 Å². The van der Waals surface area contributed by atoms with E-state index in [0.29, 0.717) is 5.56 Å². The van der Waals surface area contributed by atoms with Gasteiger partial charge < -0.3 is 5.11 Å². The number of allylic oxidation sites excluding steroid dienone is 1. The lowest BCUT2D eigenvalue weighted by atomic mass is 10.1. The van der Waals surface area contributed by atoms with Gasteiger partial charge in [0.2, 0.25) is 0 Å². The topological polar surface area (TPSA) is 54.4 Å². The van der Waals surface area contributed by atoms with Crippen molar-refractivity contribution in [2.75, 3.05) is 0 Å².